The molecule has 1 aromatic rings. The summed E-state index contributed by atoms with van der Waals surface area (Å²) in [6.07, 6.45) is 2.91. The Labute approximate surface area is 116 Å². The van der Waals surface area contributed by atoms with Crippen molar-refractivity contribution in [3.05, 3.63) is 35.9 Å². The highest BCUT2D eigenvalue weighted by molar-refractivity contribution is 5.19. The Morgan fingerprint density at radius 1 is 1.05 bits per heavy atom. The van der Waals surface area contributed by atoms with Crippen molar-refractivity contribution in [1.29, 1.82) is 0 Å². The van der Waals surface area contributed by atoms with Crippen molar-refractivity contribution in [2.45, 2.75) is 18.9 Å². The van der Waals surface area contributed by atoms with Crippen molar-refractivity contribution < 1.29 is 0 Å². The molecule has 2 aliphatic rings. The first-order chi connectivity index (χ1) is 9.36. The van der Waals surface area contributed by atoms with E-state index >= 15 is 0 Å². The molecule has 1 aromatic carbocycles. The Morgan fingerprint density at radius 3 is 2.32 bits per heavy atom. The fourth-order valence-corrected chi connectivity index (χ4v) is 3.09. The summed E-state index contributed by atoms with van der Waals surface area (Å²) < 4.78 is 0. The standard InChI is InChI=1S/C16H25N3/c17-12-16(15-4-2-1-3-5-15)19-10-8-18(9-11-19)13-14-6-7-14/h1-5,14,16H,6-13,17H2. The highest BCUT2D eigenvalue weighted by atomic mass is 15.3. The maximum Gasteiger partial charge on any atom is 0.0471 e. The third-order valence-corrected chi connectivity index (χ3v) is 4.47. The summed E-state index contributed by atoms with van der Waals surface area (Å²) in [5, 5.41) is 0. The molecule has 0 spiro atoms. The van der Waals surface area contributed by atoms with Crippen molar-refractivity contribution in [3.63, 3.8) is 0 Å². The largest absolute Gasteiger partial charge is 0.329 e. The maximum absolute atomic E-state index is 6.01. The summed E-state index contributed by atoms with van der Waals surface area (Å²) >= 11 is 0. The summed E-state index contributed by atoms with van der Waals surface area (Å²) in [5.74, 6) is 1.01. The van der Waals surface area contributed by atoms with Gasteiger partial charge in [0, 0.05) is 45.3 Å². The van der Waals surface area contributed by atoms with E-state index in [2.05, 4.69) is 40.1 Å². The summed E-state index contributed by atoms with van der Waals surface area (Å²) in [4.78, 5) is 5.19. The molecule has 3 heteroatoms. The number of benzene rings is 1. The highest BCUT2D eigenvalue weighted by Crippen LogP contribution is 2.30. The first-order valence-corrected chi connectivity index (χ1v) is 7.58. The predicted octanol–water partition coefficient (Wildman–Crippen LogP) is 1.71. The van der Waals surface area contributed by atoms with Gasteiger partial charge in [-0.15, -0.1) is 0 Å². The summed E-state index contributed by atoms with van der Waals surface area (Å²) in [6.45, 7) is 6.77. The zero-order chi connectivity index (χ0) is 13.1. The van der Waals surface area contributed by atoms with E-state index in [1.54, 1.807) is 0 Å². The van der Waals surface area contributed by atoms with E-state index in [9.17, 15) is 0 Å². The van der Waals surface area contributed by atoms with Crippen LogP contribution in [0.25, 0.3) is 0 Å². The van der Waals surface area contributed by atoms with E-state index in [0.717, 1.165) is 19.0 Å². The van der Waals surface area contributed by atoms with E-state index in [1.165, 1.54) is 38.0 Å². The quantitative estimate of drug-likeness (QED) is 0.874. The number of hydrogen-bond donors (Lipinski definition) is 1. The molecule has 1 atom stereocenters. The molecule has 2 fully saturated rings. The van der Waals surface area contributed by atoms with Crippen LogP contribution in [-0.2, 0) is 0 Å². The minimum atomic E-state index is 0.393. The zero-order valence-electron chi connectivity index (χ0n) is 11.7. The third-order valence-electron chi connectivity index (χ3n) is 4.47. The van der Waals surface area contributed by atoms with Gasteiger partial charge in [0.1, 0.15) is 0 Å². The zero-order valence-corrected chi connectivity index (χ0v) is 11.7. The van der Waals surface area contributed by atoms with E-state index in [-0.39, 0.29) is 0 Å². The van der Waals surface area contributed by atoms with E-state index in [4.69, 9.17) is 5.73 Å². The Hall–Kier alpha value is -0.900. The number of nitrogens with zero attached hydrogens (tertiary/aromatic N) is 2. The third kappa shape index (κ3) is 3.35. The Bertz CT molecular complexity index is 380. The average Bonchev–Trinajstić information content (AvgIpc) is 3.27. The molecule has 0 amide bonds. The molecular formula is C16H25N3. The normalized spacial score (nSPS) is 23.4. The Morgan fingerprint density at radius 2 is 1.74 bits per heavy atom. The lowest BCUT2D eigenvalue weighted by molar-refractivity contribution is 0.0956. The molecule has 1 saturated heterocycles. The smallest absolute Gasteiger partial charge is 0.0471 e. The maximum atomic E-state index is 6.01. The van der Waals surface area contributed by atoms with Gasteiger partial charge in [-0.05, 0) is 24.3 Å². The van der Waals surface area contributed by atoms with Crippen molar-refractivity contribution >= 4 is 0 Å². The molecule has 0 aromatic heterocycles. The molecule has 0 bridgehead atoms. The van der Waals surface area contributed by atoms with E-state index < -0.39 is 0 Å². The van der Waals surface area contributed by atoms with Crippen LogP contribution in [0.15, 0.2) is 30.3 Å². The number of rotatable bonds is 5. The van der Waals surface area contributed by atoms with Crippen LogP contribution in [0.3, 0.4) is 0 Å². The summed E-state index contributed by atoms with van der Waals surface area (Å²) in [7, 11) is 0. The van der Waals surface area contributed by atoms with Gasteiger partial charge in [-0.3, -0.25) is 4.90 Å². The fraction of sp³-hybridized carbons (Fsp3) is 0.625. The molecule has 19 heavy (non-hydrogen) atoms. The molecule has 1 saturated carbocycles. The van der Waals surface area contributed by atoms with Crippen LogP contribution >= 0.6 is 0 Å². The minimum absolute atomic E-state index is 0.393. The lowest BCUT2D eigenvalue weighted by Crippen LogP contribution is -2.49. The number of hydrogen-bond acceptors (Lipinski definition) is 3. The Balaban J connectivity index is 1.56. The lowest BCUT2D eigenvalue weighted by atomic mass is 10.0. The molecule has 104 valence electrons. The molecule has 1 aliphatic carbocycles. The number of nitrogens with two attached hydrogens (primary N) is 1. The molecular weight excluding hydrogens is 234 g/mol. The van der Waals surface area contributed by atoms with Crippen LogP contribution in [0.2, 0.25) is 0 Å². The van der Waals surface area contributed by atoms with Gasteiger partial charge in [0.05, 0.1) is 0 Å². The van der Waals surface area contributed by atoms with E-state index in [1.807, 2.05) is 0 Å². The van der Waals surface area contributed by atoms with Gasteiger partial charge in [-0.2, -0.15) is 0 Å². The van der Waals surface area contributed by atoms with Gasteiger partial charge in [0.2, 0.25) is 0 Å². The van der Waals surface area contributed by atoms with Crippen molar-refractivity contribution in [2.24, 2.45) is 11.7 Å². The average molecular weight is 259 g/mol. The molecule has 0 radical (unpaired) electrons. The van der Waals surface area contributed by atoms with Crippen molar-refractivity contribution in [1.82, 2.24) is 9.80 Å². The molecule has 1 aliphatic heterocycles. The molecule has 1 unspecified atom stereocenters. The van der Waals surface area contributed by atoms with Gasteiger partial charge in [-0.25, -0.2) is 0 Å². The molecule has 3 nitrogen and oxygen atoms in total. The van der Waals surface area contributed by atoms with Crippen molar-refractivity contribution in [2.75, 3.05) is 39.3 Å². The second-order valence-electron chi connectivity index (χ2n) is 5.94. The second-order valence-corrected chi connectivity index (χ2v) is 5.94. The highest BCUT2D eigenvalue weighted by Gasteiger charge is 2.28. The molecule has 3 rings (SSSR count). The SMILES string of the molecule is NCC(c1ccccc1)N1CCN(CC2CC2)CC1. The van der Waals surface area contributed by atoms with Crippen LogP contribution in [0.5, 0.6) is 0 Å². The van der Waals surface area contributed by atoms with Crippen LogP contribution in [0.4, 0.5) is 0 Å². The lowest BCUT2D eigenvalue weighted by Gasteiger charge is -2.39. The second kappa shape index (κ2) is 6.04. The van der Waals surface area contributed by atoms with Gasteiger partial charge < -0.3 is 10.6 Å². The number of piperazine rings is 1. The van der Waals surface area contributed by atoms with Gasteiger partial charge in [-0.1, -0.05) is 30.3 Å². The van der Waals surface area contributed by atoms with E-state index in [0.29, 0.717) is 12.6 Å². The van der Waals surface area contributed by atoms with Crippen LogP contribution < -0.4 is 5.73 Å². The fourth-order valence-electron chi connectivity index (χ4n) is 3.09. The minimum Gasteiger partial charge on any atom is -0.329 e. The first kappa shape index (κ1) is 13.1. The summed E-state index contributed by atoms with van der Waals surface area (Å²) in [6, 6.07) is 11.1. The first-order valence-electron chi connectivity index (χ1n) is 7.58. The van der Waals surface area contributed by atoms with Crippen molar-refractivity contribution in [3.8, 4) is 0 Å². The monoisotopic (exact) mass is 259 g/mol. The van der Waals surface area contributed by atoms with Gasteiger partial charge >= 0.3 is 0 Å². The Kier molecular flexibility index (Phi) is 4.16. The van der Waals surface area contributed by atoms with Crippen LogP contribution in [-0.4, -0.2) is 49.1 Å². The predicted molar refractivity (Wildman–Crippen MR) is 79.0 cm³/mol. The van der Waals surface area contributed by atoms with Crippen LogP contribution in [0, 0.1) is 5.92 Å². The topological polar surface area (TPSA) is 32.5 Å². The van der Waals surface area contributed by atoms with Crippen LogP contribution in [0.1, 0.15) is 24.4 Å². The molecule has 1 heterocycles. The molecule has 2 N–H and O–H groups in total. The van der Waals surface area contributed by atoms with Gasteiger partial charge in [0.15, 0.2) is 0 Å². The summed E-state index contributed by atoms with van der Waals surface area (Å²) in [5.41, 5.74) is 7.37. The van der Waals surface area contributed by atoms with Gasteiger partial charge in [0.25, 0.3) is 0 Å².